The normalized spacial score (nSPS) is 24.4. The molecule has 1 nitrogen and oxygen atoms in total. The van der Waals surface area contributed by atoms with Gasteiger partial charge >= 0.3 is 0 Å². The fourth-order valence-corrected chi connectivity index (χ4v) is 2.78. The van der Waals surface area contributed by atoms with E-state index in [9.17, 15) is 0 Å². The summed E-state index contributed by atoms with van der Waals surface area (Å²) in [6, 6.07) is 5.71. The average molecular weight is 244 g/mol. The van der Waals surface area contributed by atoms with Crippen LogP contribution in [0.5, 0.6) is 0 Å². The highest BCUT2D eigenvalue weighted by molar-refractivity contribution is 6.33. The molecule has 0 aromatic heterocycles. The predicted molar refractivity (Wildman–Crippen MR) is 65.9 cm³/mol. The average Bonchev–Trinajstić information content (AvgIpc) is 2.50. The molecule has 1 heterocycles. The highest BCUT2D eigenvalue weighted by atomic mass is 35.5. The summed E-state index contributed by atoms with van der Waals surface area (Å²) in [4.78, 5) is 0. The molecule has 1 N–H and O–H groups in total. The van der Waals surface area contributed by atoms with Crippen molar-refractivity contribution in [3.8, 4) is 0 Å². The molecule has 82 valence electrons. The Hall–Kier alpha value is -0.240. The molecular weight excluding hydrogens is 229 g/mol. The van der Waals surface area contributed by atoms with Gasteiger partial charge in [-0.25, -0.2) is 0 Å². The molecule has 1 aliphatic rings. The maximum Gasteiger partial charge on any atom is 0.0442 e. The Labute approximate surface area is 101 Å². The van der Waals surface area contributed by atoms with E-state index in [2.05, 4.69) is 19.2 Å². The second kappa shape index (κ2) is 3.97. The largest absolute Gasteiger partial charge is 0.311 e. The third-order valence-corrected chi connectivity index (χ3v) is 3.80. The van der Waals surface area contributed by atoms with E-state index in [0.29, 0.717) is 5.92 Å². The van der Waals surface area contributed by atoms with Gasteiger partial charge in [0.2, 0.25) is 0 Å². The van der Waals surface area contributed by atoms with Gasteiger partial charge in [0.25, 0.3) is 0 Å². The van der Waals surface area contributed by atoms with Crippen molar-refractivity contribution in [3.05, 3.63) is 33.8 Å². The number of hydrogen-bond acceptors (Lipinski definition) is 1. The molecule has 1 saturated heterocycles. The molecule has 1 unspecified atom stereocenters. The molecule has 1 atom stereocenters. The van der Waals surface area contributed by atoms with Crippen molar-refractivity contribution in [2.75, 3.05) is 6.54 Å². The lowest BCUT2D eigenvalue weighted by Gasteiger charge is -2.28. The Kier molecular flexibility index (Phi) is 2.98. The van der Waals surface area contributed by atoms with E-state index in [0.717, 1.165) is 23.0 Å². The van der Waals surface area contributed by atoms with Gasteiger partial charge in [-0.05, 0) is 50.6 Å². The molecule has 0 bridgehead atoms. The molecule has 0 saturated carbocycles. The summed E-state index contributed by atoms with van der Waals surface area (Å²) in [5.41, 5.74) is 1.27. The van der Waals surface area contributed by atoms with Crippen LogP contribution in [-0.2, 0) is 0 Å². The van der Waals surface area contributed by atoms with Crippen LogP contribution in [0.1, 0.15) is 31.7 Å². The highest BCUT2D eigenvalue weighted by Crippen LogP contribution is 2.39. The topological polar surface area (TPSA) is 12.0 Å². The summed E-state index contributed by atoms with van der Waals surface area (Å²) in [5, 5.41) is 5.07. The van der Waals surface area contributed by atoms with Crippen molar-refractivity contribution in [1.29, 1.82) is 0 Å². The molecule has 0 amide bonds. The molecule has 1 aromatic carbocycles. The molecule has 15 heavy (non-hydrogen) atoms. The molecule has 0 spiro atoms. The van der Waals surface area contributed by atoms with E-state index in [1.54, 1.807) is 0 Å². The first-order chi connectivity index (χ1) is 7.00. The van der Waals surface area contributed by atoms with E-state index >= 15 is 0 Å². The van der Waals surface area contributed by atoms with Crippen LogP contribution in [0, 0.1) is 0 Å². The summed E-state index contributed by atoms with van der Waals surface area (Å²) >= 11 is 12.2. The molecule has 0 radical (unpaired) electrons. The number of hydrogen-bond donors (Lipinski definition) is 1. The van der Waals surface area contributed by atoms with Crippen LogP contribution in [0.4, 0.5) is 0 Å². The van der Waals surface area contributed by atoms with Gasteiger partial charge in [-0.15, -0.1) is 0 Å². The number of nitrogens with one attached hydrogen (secondary N) is 1. The third kappa shape index (κ3) is 2.15. The van der Waals surface area contributed by atoms with Crippen LogP contribution in [0.2, 0.25) is 10.0 Å². The molecule has 0 aliphatic carbocycles. The van der Waals surface area contributed by atoms with Gasteiger partial charge in [0.05, 0.1) is 0 Å². The van der Waals surface area contributed by atoms with Crippen molar-refractivity contribution in [3.63, 3.8) is 0 Å². The predicted octanol–water partition coefficient (Wildman–Crippen LogP) is 3.85. The zero-order chi connectivity index (χ0) is 11.1. The van der Waals surface area contributed by atoms with E-state index in [-0.39, 0.29) is 5.54 Å². The monoisotopic (exact) mass is 243 g/mol. The third-order valence-electron chi connectivity index (χ3n) is 3.22. The standard InChI is InChI=1S/C12H15Cl2N/c1-12(2)10(5-6-15-12)9-7-8(13)3-4-11(9)14/h3-4,7,10,15H,5-6H2,1-2H3. The number of halogens is 2. The smallest absolute Gasteiger partial charge is 0.0442 e. The molecular formula is C12H15Cl2N. The van der Waals surface area contributed by atoms with Crippen LogP contribution >= 0.6 is 23.2 Å². The highest BCUT2D eigenvalue weighted by Gasteiger charge is 2.36. The van der Waals surface area contributed by atoms with Crippen molar-refractivity contribution in [2.24, 2.45) is 0 Å². The molecule has 3 heteroatoms. The van der Waals surface area contributed by atoms with Crippen LogP contribution in [0.25, 0.3) is 0 Å². The van der Waals surface area contributed by atoms with Crippen LogP contribution in [-0.4, -0.2) is 12.1 Å². The van der Waals surface area contributed by atoms with Crippen LogP contribution < -0.4 is 5.32 Å². The second-order valence-electron chi connectivity index (χ2n) is 4.66. The molecule has 1 fully saturated rings. The lowest BCUT2D eigenvalue weighted by Crippen LogP contribution is -2.36. The Balaban J connectivity index is 2.40. The van der Waals surface area contributed by atoms with Crippen molar-refractivity contribution < 1.29 is 0 Å². The second-order valence-corrected chi connectivity index (χ2v) is 5.50. The first kappa shape index (κ1) is 11.3. The summed E-state index contributed by atoms with van der Waals surface area (Å²) in [7, 11) is 0. The van der Waals surface area contributed by atoms with Gasteiger partial charge < -0.3 is 5.32 Å². The first-order valence-electron chi connectivity index (χ1n) is 5.21. The van der Waals surface area contributed by atoms with E-state index < -0.39 is 0 Å². The van der Waals surface area contributed by atoms with Gasteiger partial charge in [-0.1, -0.05) is 23.2 Å². The minimum Gasteiger partial charge on any atom is -0.311 e. The number of benzene rings is 1. The van der Waals surface area contributed by atoms with E-state index in [1.807, 2.05) is 18.2 Å². The van der Waals surface area contributed by atoms with Crippen molar-refractivity contribution >= 4 is 23.2 Å². The fraction of sp³-hybridized carbons (Fsp3) is 0.500. The Morgan fingerprint density at radius 1 is 1.33 bits per heavy atom. The molecule has 1 aromatic rings. The zero-order valence-electron chi connectivity index (χ0n) is 8.98. The molecule has 2 rings (SSSR count). The van der Waals surface area contributed by atoms with Crippen molar-refractivity contribution in [1.82, 2.24) is 5.32 Å². The minimum absolute atomic E-state index is 0.105. The summed E-state index contributed by atoms with van der Waals surface area (Å²) < 4.78 is 0. The summed E-state index contributed by atoms with van der Waals surface area (Å²) in [6.45, 7) is 5.46. The summed E-state index contributed by atoms with van der Waals surface area (Å²) in [6.07, 6.45) is 1.12. The first-order valence-corrected chi connectivity index (χ1v) is 5.96. The van der Waals surface area contributed by atoms with E-state index in [4.69, 9.17) is 23.2 Å². The van der Waals surface area contributed by atoms with Gasteiger partial charge in [-0.3, -0.25) is 0 Å². The number of rotatable bonds is 1. The van der Waals surface area contributed by atoms with Gasteiger partial charge in [0, 0.05) is 21.5 Å². The quantitative estimate of drug-likeness (QED) is 0.791. The van der Waals surface area contributed by atoms with Gasteiger partial charge in [0.15, 0.2) is 0 Å². The van der Waals surface area contributed by atoms with E-state index in [1.165, 1.54) is 5.56 Å². The minimum atomic E-state index is 0.105. The Morgan fingerprint density at radius 2 is 2.07 bits per heavy atom. The van der Waals surface area contributed by atoms with Crippen LogP contribution in [0.15, 0.2) is 18.2 Å². The van der Waals surface area contributed by atoms with Gasteiger partial charge in [-0.2, -0.15) is 0 Å². The molecule has 1 aliphatic heterocycles. The van der Waals surface area contributed by atoms with Crippen molar-refractivity contribution in [2.45, 2.75) is 31.7 Å². The van der Waals surface area contributed by atoms with Gasteiger partial charge in [0.1, 0.15) is 0 Å². The lowest BCUT2D eigenvalue weighted by atomic mass is 9.83. The zero-order valence-corrected chi connectivity index (χ0v) is 10.5. The Morgan fingerprint density at radius 3 is 2.67 bits per heavy atom. The summed E-state index contributed by atoms with van der Waals surface area (Å²) in [5.74, 6) is 0.448. The Bertz CT molecular complexity index is 374. The lowest BCUT2D eigenvalue weighted by molar-refractivity contribution is 0.411. The maximum atomic E-state index is 6.22. The SMILES string of the molecule is CC1(C)NCCC1c1cc(Cl)ccc1Cl. The van der Waals surface area contributed by atoms with Crippen LogP contribution in [0.3, 0.4) is 0 Å². The maximum absolute atomic E-state index is 6.22. The fourth-order valence-electron chi connectivity index (χ4n) is 2.35.